The van der Waals surface area contributed by atoms with Crippen molar-refractivity contribution in [3.05, 3.63) is 59.7 Å². The summed E-state index contributed by atoms with van der Waals surface area (Å²) in [4.78, 5) is 29.1. The molecular weight excluding hydrogens is 408 g/mol. The Labute approximate surface area is 188 Å². The number of nitrogens with zero attached hydrogens (tertiary/aromatic N) is 2. The van der Waals surface area contributed by atoms with E-state index in [2.05, 4.69) is 0 Å². The van der Waals surface area contributed by atoms with E-state index in [-0.39, 0.29) is 11.8 Å². The summed E-state index contributed by atoms with van der Waals surface area (Å²) in [6.45, 7) is 0.344. The number of rotatable bonds is 7. The average Bonchev–Trinajstić information content (AvgIpc) is 2.81. The predicted octanol–water partition coefficient (Wildman–Crippen LogP) is 3.63. The molecule has 0 atom stereocenters. The van der Waals surface area contributed by atoms with E-state index in [1.54, 1.807) is 18.2 Å². The number of anilines is 1. The van der Waals surface area contributed by atoms with Gasteiger partial charge in [0.2, 0.25) is 5.75 Å². The van der Waals surface area contributed by atoms with Gasteiger partial charge in [-0.05, 0) is 47.9 Å². The topological polar surface area (TPSA) is 68.3 Å². The van der Waals surface area contributed by atoms with E-state index in [4.69, 9.17) is 14.2 Å². The van der Waals surface area contributed by atoms with Crippen LogP contribution in [0.15, 0.2) is 48.6 Å². The molecule has 7 heteroatoms. The van der Waals surface area contributed by atoms with Gasteiger partial charge in [0.25, 0.3) is 11.8 Å². The maximum Gasteiger partial charge on any atom is 0.261 e. The molecule has 1 heterocycles. The van der Waals surface area contributed by atoms with E-state index in [9.17, 15) is 9.59 Å². The molecule has 0 aromatic heterocycles. The van der Waals surface area contributed by atoms with Crippen molar-refractivity contribution in [1.29, 1.82) is 0 Å². The number of hydrogen-bond acceptors (Lipinski definition) is 6. The van der Waals surface area contributed by atoms with Crippen LogP contribution in [-0.2, 0) is 9.59 Å². The van der Waals surface area contributed by atoms with E-state index >= 15 is 0 Å². The third kappa shape index (κ3) is 4.77. The van der Waals surface area contributed by atoms with Crippen LogP contribution in [-0.4, -0.2) is 58.7 Å². The number of carbonyl (C=O) groups is 2. The average molecular weight is 437 g/mol. The number of amides is 2. The Morgan fingerprint density at radius 3 is 2.16 bits per heavy atom. The van der Waals surface area contributed by atoms with Crippen molar-refractivity contribution in [1.82, 2.24) is 4.90 Å². The highest BCUT2D eigenvalue weighted by Crippen LogP contribution is 2.38. The highest BCUT2D eigenvalue weighted by Gasteiger charge is 2.27. The normalized spacial score (nSPS) is 13.7. The van der Waals surface area contributed by atoms with Gasteiger partial charge in [-0.1, -0.05) is 18.2 Å². The van der Waals surface area contributed by atoms with Crippen LogP contribution >= 0.6 is 0 Å². The van der Waals surface area contributed by atoms with Gasteiger partial charge >= 0.3 is 0 Å². The number of ether oxygens (including phenoxy) is 3. The molecule has 168 valence electrons. The van der Waals surface area contributed by atoms with Gasteiger partial charge in [-0.2, -0.15) is 0 Å². The summed E-state index contributed by atoms with van der Waals surface area (Å²) >= 11 is 0. The van der Waals surface area contributed by atoms with Crippen molar-refractivity contribution < 1.29 is 23.8 Å². The maximum atomic E-state index is 13.0. The standard InChI is InChI=1S/C25H28N2O5/c1-26(2)19-11-9-18(10-12-19)20-7-6-14-27(25(20)29)23(28)13-8-17-15-21(30-3)24(32-5)22(16-17)31-4/h7-13,15-16H,6,14H2,1-5H3/b13-8+. The van der Waals surface area contributed by atoms with Crippen molar-refractivity contribution in [3.8, 4) is 17.2 Å². The number of carbonyl (C=O) groups excluding carboxylic acids is 2. The second kappa shape index (κ2) is 10.0. The van der Waals surface area contributed by atoms with Crippen LogP contribution in [0.1, 0.15) is 17.5 Å². The minimum Gasteiger partial charge on any atom is -0.493 e. The first-order valence-corrected chi connectivity index (χ1v) is 10.2. The van der Waals surface area contributed by atoms with E-state index in [1.165, 1.54) is 32.3 Å². The molecule has 0 N–H and O–H groups in total. The highest BCUT2D eigenvalue weighted by atomic mass is 16.5. The third-order valence-electron chi connectivity index (χ3n) is 5.24. The molecule has 0 radical (unpaired) electrons. The molecule has 1 aliphatic heterocycles. The van der Waals surface area contributed by atoms with Crippen LogP contribution < -0.4 is 19.1 Å². The Morgan fingerprint density at radius 1 is 1.00 bits per heavy atom. The van der Waals surface area contributed by atoms with Gasteiger partial charge in [-0.3, -0.25) is 14.5 Å². The molecule has 2 aromatic rings. The molecule has 0 aliphatic carbocycles. The zero-order chi connectivity index (χ0) is 23.3. The zero-order valence-electron chi connectivity index (χ0n) is 19.0. The van der Waals surface area contributed by atoms with Gasteiger partial charge in [0.05, 0.1) is 21.3 Å². The Morgan fingerprint density at radius 2 is 1.62 bits per heavy atom. The molecule has 0 saturated carbocycles. The fourth-order valence-corrected chi connectivity index (χ4v) is 3.52. The van der Waals surface area contributed by atoms with Crippen LogP contribution in [0.4, 0.5) is 5.69 Å². The molecule has 2 aromatic carbocycles. The van der Waals surface area contributed by atoms with Gasteiger partial charge < -0.3 is 19.1 Å². The van der Waals surface area contributed by atoms with Crippen molar-refractivity contribution in [2.45, 2.75) is 6.42 Å². The van der Waals surface area contributed by atoms with Crippen molar-refractivity contribution in [3.63, 3.8) is 0 Å². The van der Waals surface area contributed by atoms with Crippen molar-refractivity contribution in [2.24, 2.45) is 0 Å². The van der Waals surface area contributed by atoms with Gasteiger partial charge in [-0.15, -0.1) is 0 Å². The summed E-state index contributed by atoms with van der Waals surface area (Å²) < 4.78 is 16.0. The fourth-order valence-electron chi connectivity index (χ4n) is 3.52. The lowest BCUT2D eigenvalue weighted by Crippen LogP contribution is -2.39. The van der Waals surface area contributed by atoms with Gasteiger partial charge in [0, 0.05) is 38.0 Å². The minimum absolute atomic E-state index is 0.298. The minimum atomic E-state index is -0.376. The quantitative estimate of drug-likeness (QED) is 0.618. The van der Waals surface area contributed by atoms with Crippen LogP contribution in [0.3, 0.4) is 0 Å². The van der Waals surface area contributed by atoms with Crippen molar-refractivity contribution in [2.75, 3.05) is 46.9 Å². The number of methoxy groups -OCH3 is 3. The second-order valence-corrected chi connectivity index (χ2v) is 7.43. The SMILES string of the molecule is COc1cc(/C=C/C(=O)N2CCC=C(c3ccc(N(C)C)cc3)C2=O)cc(OC)c1OC. The van der Waals surface area contributed by atoms with Gasteiger partial charge in [-0.25, -0.2) is 0 Å². The highest BCUT2D eigenvalue weighted by molar-refractivity contribution is 6.25. The van der Waals surface area contributed by atoms with E-state index in [1.807, 2.05) is 49.3 Å². The first kappa shape index (κ1) is 22.9. The van der Waals surface area contributed by atoms with Gasteiger partial charge in [0.15, 0.2) is 11.5 Å². The van der Waals surface area contributed by atoms with E-state index in [0.717, 1.165) is 11.3 Å². The smallest absolute Gasteiger partial charge is 0.261 e. The third-order valence-corrected chi connectivity index (χ3v) is 5.24. The molecule has 0 spiro atoms. The summed E-state index contributed by atoms with van der Waals surface area (Å²) in [5, 5.41) is 0. The molecule has 0 fully saturated rings. The van der Waals surface area contributed by atoms with Crippen LogP contribution in [0.25, 0.3) is 11.6 Å². The summed E-state index contributed by atoms with van der Waals surface area (Å²) in [5.74, 6) is 0.770. The molecule has 2 amide bonds. The molecule has 32 heavy (non-hydrogen) atoms. The first-order chi connectivity index (χ1) is 15.4. The monoisotopic (exact) mass is 436 g/mol. The lowest BCUT2D eigenvalue weighted by atomic mass is 9.99. The lowest BCUT2D eigenvalue weighted by Gasteiger charge is -2.25. The van der Waals surface area contributed by atoms with Crippen molar-refractivity contribution >= 4 is 29.2 Å². The largest absolute Gasteiger partial charge is 0.493 e. The summed E-state index contributed by atoms with van der Waals surface area (Å²) in [6, 6.07) is 11.2. The number of imide groups is 1. The molecule has 3 rings (SSSR count). The molecule has 0 bridgehead atoms. The number of hydrogen-bond donors (Lipinski definition) is 0. The summed E-state index contributed by atoms with van der Waals surface area (Å²) in [5.41, 5.74) is 3.06. The summed E-state index contributed by atoms with van der Waals surface area (Å²) in [7, 11) is 8.50. The zero-order valence-corrected chi connectivity index (χ0v) is 19.0. The Bertz CT molecular complexity index is 1030. The molecular formula is C25H28N2O5. The Kier molecular flexibility index (Phi) is 7.20. The first-order valence-electron chi connectivity index (χ1n) is 10.2. The Balaban J connectivity index is 1.79. The van der Waals surface area contributed by atoms with Gasteiger partial charge in [0.1, 0.15) is 0 Å². The Hall–Kier alpha value is -3.74. The molecule has 0 unspecified atom stereocenters. The second-order valence-electron chi connectivity index (χ2n) is 7.43. The predicted molar refractivity (Wildman–Crippen MR) is 125 cm³/mol. The van der Waals surface area contributed by atoms with Crippen LogP contribution in [0.2, 0.25) is 0 Å². The van der Waals surface area contributed by atoms with E-state index in [0.29, 0.717) is 41.4 Å². The number of benzene rings is 2. The maximum absolute atomic E-state index is 13.0. The molecule has 1 aliphatic rings. The van der Waals surface area contributed by atoms with E-state index < -0.39 is 0 Å². The lowest BCUT2D eigenvalue weighted by molar-refractivity contribution is -0.138. The molecule has 7 nitrogen and oxygen atoms in total. The fraction of sp³-hybridized carbons (Fsp3) is 0.280. The van der Waals surface area contributed by atoms with Crippen LogP contribution in [0.5, 0.6) is 17.2 Å². The molecule has 0 saturated heterocycles. The van der Waals surface area contributed by atoms with Crippen LogP contribution in [0, 0.1) is 0 Å². The summed E-state index contributed by atoms with van der Waals surface area (Å²) in [6.07, 6.45) is 5.51.